The standard InChI is InChI=1S/C51H54O15/c1-9-60-36-22-20-34(21-23-36)42(56)33-18-15-32(16-19-33)17-24-40(55)64-38-25-39-50(27-61-39,66-31(5)54)44-46(65-47(58)35-13-11-10-12-14-35)51(59)26-37(62-29(3)52)28(2)41(48(51,6)7)43(63-30(4)53)45(57)49(38,44)8/h10-24,37-39,43-44,46,59H,9,25-27H2,1-8H3/b24-17+/t37-,38-,39+,43+,44-,46-,49+,50-,51+/m0/s1. The second-order valence-corrected chi connectivity index (χ2v) is 18.0. The minimum absolute atomic E-state index is 0.0890. The number of carbonyl (C=O) groups is 7. The highest BCUT2D eigenvalue weighted by Crippen LogP contribution is 2.65. The quantitative estimate of drug-likeness (QED) is 0.0715. The molecule has 66 heavy (non-hydrogen) atoms. The number of carbonyl (C=O) groups excluding carboxylic acids is 7. The summed E-state index contributed by atoms with van der Waals surface area (Å²) in [5.74, 6) is -6.12. The third-order valence-electron chi connectivity index (χ3n) is 13.7. The minimum atomic E-state index is -2.28. The average Bonchev–Trinajstić information content (AvgIpc) is 3.26. The van der Waals surface area contributed by atoms with Gasteiger partial charge in [-0.2, -0.15) is 0 Å². The van der Waals surface area contributed by atoms with Crippen molar-refractivity contribution in [2.75, 3.05) is 13.2 Å². The number of fused-ring (bicyclic) bond motifs is 5. The maximum Gasteiger partial charge on any atom is 0.338 e. The molecule has 1 aliphatic heterocycles. The lowest BCUT2D eigenvalue weighted by molar-refractivity contribution is -0.346. The number of benzene rings is 3. The molecule has 0 aromatic heterocycles. The SMILES string of the molecule is CCOc1ccc(C(=O)c2ccc(/C=C/C(=O)O[C@H]3C[C@H]4OC[C@@]4(OC(C)=O)[C@H]4[C@H](OC(=O)c5ccccc5)[C@]5(O)C[C@H](OC(C)=O)C(C)=C([C@@H](OC(C)=O)C(=O)[C@]34C)C5(C)C)cc2)cc1. The topological polar surface area (TPSA) is 204 Å². The molecule has 4 aliphatic rings. The molecule has 15 nitrogen and oxygen atoms in total. The fourth-order valence-electron chi connectivity index (χ4n) is 10.5. The van der Waals surface area contributed by atoms with Gasteiger partial charge in [0.15, 0.2) is 23.3 Å². The molecule has 3 fully saturated rings. The van der Waals surface area contributed by atoms with Crippen LogP contribution in [-0.4, -0.2) is 101 Å². The van der Waals surface area contributed by atoms with Crippen molar-refractivity contribution in [2.45, 2.75) is 110 Å². The number of aliphatic hydroxyl groups is 1. The van der Waals surface area contributed by atoms with Crippen LogP contribution in [-0.2, 0) is 52.4 Å². The summed E-state index contributed by atoms with van der Waals surface area (Å²) in [6.45, 7) is 11.8. The summed E-state index contributed by atoms with van der Waals surface area (Å²) >= 11 is 0. The molecule has 0 radical (unpaired) electrons. The zero-order valence-electron chi connectivity index (χ0n) is 38.1. The van der Waals surface area contributed by atoms with E-state index in [0.29, 0.717) is 34.6 Å². The van der Waals surface area contributed by atoms with Crippen LogP contribution in [0.2, 0.25) is 0 Å². The second kappa shape index (κ2) is 18.1. The third-order valence-corrected chi connectivity index (χ3v) is 13.7. The number of hydrogen-bond donors (Lipinski definition) is 1. The van der Waals surface area contributed by atoms with Gasteiger partial charge in [0.2, 0.25) is 0 Å². The highest BCUT2D eigenvalue weighted by Gasteiger charge is 2.79. The Morgan fingerprint density at radius 2 is 1.41 bits per heavy atom. The molecule has 9 atom stereocenters. The van der Waals surface area contributed by atoms with Crippen LogP contribution < -0.4 is 4.74 Å². The van der Waals surface area contributed by atoms with E-state index >= 15 is 4.79 Å². The Bertz CT molecular complexity index is 2490. The number of Topliss-reactive ketones (excluding diaryl/α,β-unsaturated/α-hetero) is 1. The molecule has 3 aromatic rings. The van der Waals surface area contributed by atoms with E-state index in [2.05, 4.69) is 0 Å². The summed E-state index contributed by atoms with van der Waals surface area (Å²) in [6.07, 6.45) is -5.24. The lowest BCUT2D eigenvalue weighted by Gasteiger charge is -2.67. The summed E-state index contributed by atoms with van der Waals surface area (Å²) in [6, 6.07) is 21.2. The molecule has 1 saturated heterocycles. The van der Waals surface area contributed by atoms with Gasteiger partial charge >= 0.3 is 29.8 Å². The summed E-state index contributed by atoms with van der Waals surface area (Å²) in [5, 5.41) is 13.6. The fourth-order valence-corrected chi connectivity index (χ4v) is 10.5. The maximum atomic E-state index is 15.9. The first-order valence-corrected chi connectivity index (χ1v) is 21.8. The molecule has 15 heteroatoms. The minimum Gasteiger partial charge on any atom is -0.494 e. The van der Waals surface area contributed by atoms with E-state index in [1.54, 1.807) is 87.5 Å². The predicted molar refractivity (Wildman–Crippen MR) is 235 cm³/mol. The molecule has 7 rings (SSSR count). The maximum absolute atomic E-state index is 15.9. The van der Waals surface area contributed by atoms with Crippen LogP contribution in [0, 0.1) is 16.7 Å². The van der Waals surface area contributed by atoms with E-state index in [4.69, 9.17) is 33.2 Å². The predicted octanol–water partition coefficient (Wildman–Crippen LogP) is 6.12. The Morgan fingerprint density at radius 1 is 0.788 bits per heavy atom. The van der Waals surface area contributed by atoms with Crippen molar-refractivity contribution in [1.29, 1.82) is 0 Å². The van der Waals surface area contributed by atoms with Gasteiger partial charge in [-0.05, 0) is 80.0 Å². The molecule has 2 saturated carbocycles. The second-order valence-electron chi connectivity index (χ2n) is 18.0. The number of ketones is 2. The highest BCUT2D eigenvalue weighted by molar-refractivity contribution is 6.09. The Kier molecular flexibility index (Phi) is 13.0. The third kappa shape index (κ3) is 8.34. The van der Waals surface area contributed by atoms with Gasteiger partial charge in [0, 0.05) is 56.2 Å². The van der Waals surface area contributed by atoms with Gasteiger partial charge in [0.25, 0.3) is 0 Å². The molecular formula is C51H54O15. The number of rotatable bonds is 12. The molecule has 1 heterocycles. The van der Waals surface area contributed by atoms with Crippen LogP contribution in [0.1, 0.15) is 100 Å². The van der Waals surface area contributed by atoms with Crippen LogP contribution in [0.3, 0.4) is 0 Å². The first-order chi connectivity index (χ1) is 31.2. The van der Waals surface area contributed by atoms with Crippen molar-refractivity contribution in [3.8, 4) is 5.75 Å². The average molecular weight is 907 g/mol. The van der Waals surface area contributed by atoms with Gasteiger partial charge in [0.05, 0.1) is 30.1 Å². The van der Waals surface area contributed by atoms with Crippen LogP contribution in [0.15, 0.2) is 96.1 Å². The van der Waals surface area contributed by atoms with Crippen LogP contribution in [0.4, 0.5) is 0 Å². The highest BCUT2D eigenvalue weighted by atomic mass is 16.6. The molecule has 0 unspecified atom stereocenters. The van der Waals surface area contributed by atoms with E-state index in [9.17, 15) is 33.9 Å². The largest absolute Gasteiger partial charge is 0.494 e. The van der Waals surface area contributed by atoms with Crippen LogP contribution in [0.25, 0.3) is 6.08 Å². The summed E-state index contributed by atoms with van der Waals surface area (Å²) in [5.41, 5.74) is -5.83. The fraction of sp³-hybridized carbons (Fsp3) is 0.431. The zero-order chi connectivity index (χ0) is 47.9. The van der Waals surface area contributed by atoms with Crippen molar-refractivity contribution < 1.29 is 71.8 Å². The Morgan fingerprint density at radius 3 is 1.97 bits per heavy atom. The molecule has 0 spiro atoms. The molecule has 3 aliphatic carbocycles. The van der Waals surface area contributed by atoms with Gasteiger partial charge in [-0.15, -0.1) is 0 Å². The molecule has 3 aromatic carbocycles. The van der Waals surface area contributed by atoms with Crippen molar-refractivity contribution in [2.24, 2.45) is 16.7 Å². The van der Waals surface area contributed by atoms with E-state index in [1.807, 2.05) is 6.92 Å². The summed E-state index contributed by atoms with van der Waals surface area (Å²) in [7, 11) is 0. The normalized spacial score (nSPS) is 29.7. The van der Waals surface area contributed by atoms with Crippen LogP contribution in [0.5, 0.6) is 5.75 Å². The number of hydrogen-bond acceptors (Lipinski definition) is 15. The van der Waals surface area contributed by atoms with Gasteiger partial charge in [-0.25, -0.2) is 9.59 Å². The van der Waals surface area contributed by atoms with Crippen molar-refractivity contribution >= 4 is 47.5 Å². The summed E-state index contributed by atoms with van der Waals surface area (Å²) in [4.78, 5) is 96.4. The van der Waals surface area contributed by atoms with Crippen molar-refractivity contribution in [1.82, 2.24) is 0 Å². The van der Waals surface area contributed by atoms with Gasteiger partial charge in [0.1, 0.15) is 35.8 Å². The lowest BCUT2D eigenvalue weighted by atomic mass is 9.44. The molecule has 348 valence electrons. The van der Waals surface area contributed by atoms with Crippen molar-refractivity contribution in [3.63, 3.8) is 0 Å². The van der Waals surface area contributed by atoms with Crippen molar-refractivity contribution in [3.05, 3.63) is 118 Å². The lowest BCUT2D eigenvalue weighted by Crippen LogP contribution is -2.82. The Balaban J connectivity index is 1.33. The zero-order valence-corrected chi connectivity index (χ0v) is 38.1. The number of esters is 5. The van der Waals surface area contributed by atoms with Gasteiger partial charge < -0.3 is 38.3 Å². The summed E-state index contributed by atoms with van der Waals surface area (Å²) < 4.78 is 42.1. The molecule has 2 bridgehead atoms. The molecule has 1 N–H and O–H groups in total. The van der Waals surface area contributed by atoms with E-state index in [1.165, 1.54) is 39.0 Å². The van der Waals surface area contributed by atoms with E-state index in [0.717, 1.165) is 13.0 Å². The smallest absolute Gasteiger partial charge is 0.338 e. The van der Waals surface area contributed by atoms with Gasteiger partial charge in [-0.1, -0.05) is 56.3 Å². The first-order valence-electron chi connectivity index (χ1n) is 21.8. The first kappa shape index (κ1) is 47.5. The van der Waals surface area contributed by atoms with E-state index < -0.39 is 94.1 Å². The molecular weight excluding hydrogens is 853 g/mol. The molecule has 0 amide bonds. The van der Waals surface area contributed by atoms with Crippen LogP contribution >= 0.6 is 0 Å². The Labute approximate surface area is 382 Å². The Hall–Kier alpha value is -6.45. The number of ether oxygens (including phenoxy) is 7. The van der Waals surface area contributed by atoms with Gasteiger partial charge in [-0.3, -0.25) is 24.0 Å². The monoisotopic (exact) mass is 906 g/mol. The van der Waals surface area contributed by atoms with E-state index in [-0.39, 0.29) is 36.4 Å².